The van der Waals surface area contributed by atoms with Gasteiger partial charge in [0, 0.05) is 5.57 Å². The summed E-state index contributed by atoms with van der Waals surface area (Å²) in [6.07, 6.45) is -4.57. The van der Waals surface area contributed by atoms with Crippen LogP contribution in [0.1, 0.15) is 13.3 Å². The Morgan fingerprint density at radius 1 is 1.50 bits per heavy atom. The van der Waals surface area contributed by atoms with E-state index in [9.17, 15) is 18.0 Å². The lowest BCUT2D eigenvalue weighted by atomic mass is 10.2. The zero-order valence-electron chi connectivity index (χ0n) is 6.73. The van der Waals surface area contributed by atoms with E-state index in [2.05, 4.69) is 4.74 Å². The van der Waals surface area contributed by atoms with Crippen molar-refractivity contribution in [2.45, 2.75) is 19.5 Å². The van der Waals surface area contributed by atoms with Crippen LogP contribution < -0.4 is 0 Å². The second-order valence-electron chi connectivity index (χ2n) is 2.20. The van der Waals surface area contributed by atoms with E-state index in [0.717, 1.165) is 13.2 Å². The maximum atomic E-state index is 11.6. The number of carbonyl (C=O) groups is 1. The minimum atomic E-state index is -4.27. The van der Waals surface area contributed by atoms with Crippen LogP contribution in [0.15, 0.2) is 11.6 Å². The number of alkyl halides is 3. The van der Waals surface area contributed by atoms with Gasteiger partial charge < -0.3 is 4.74 Å². The first-order chi connectivity index (χ1) is 5.37. The third-order valence-corrected chi connectivity index (χ3v) is 1.15. The molecule has 0 atom stereocenters. The predicted octanol–water partition coefficient (Wildman–Crippen LogP) is 2.06. The number of ether oxygens (including phenoxy) is 1. The van der Waals surface area contributed by atoms with Gasteiger partial charge >= 0.3 is 12.1 Å². The summed E-state index contributed by atoms with van der Waals surface area (Å²) in [6.45, 7) is 1.28. The molecule has 0 saturated carbocycles. The van der Waals surface area contributed by atoms with Crippen LogP contribution in [0.4, 0.5) is 13.2 Å². The van der Waals surface area contributed by atoms with Gasteiger partial charge in [-0.25, -0.2) is 4.79 Å². The van der Waals surface area contributed by atoms with Crippen LogP contribution in [-0.2, 0) is 9.53 Å². The van der Waals surface area contributed by atoms with Crippen molar-refractivity contribution in [2.75, 3.05) is 7.11 Å². The Labute approximate surface area is 68.0 Å². The standard InChI is InChI=1S/C7H9F3O2/c1-5(6(11)12-2)3-4-7(8,9)10/h3H,4H2,1-2H3. The monoisotopic (exact) mass is 182 g/mol. The lowest BCUT2D eigenvalue weighted by Crippen LogP contribution is -2.07. The van der Waals surface area contributed by atoms with Crippen molar-refractivity contribution < 1.29 is 22.7 Å². The number of methoxy groups -OCH3 is 1. The number of esters is 1. The number of allylic oxidation sites excluding steroid dienone is 1. The SMILES string of the molecule is COC(=O)C(C)=CCC(F)(F)F. The molecule has 70 valence electrons. The van der Waals surface area contributed by atoms with Crippen molar-refractivity contribution >= 4 is 5.97 Å². The Morgan fingerprint density at radius 2 is 2.00 bits per heavy atom. The minimum Gasteiger partial charge on any atom is -0.466 e. The van der Waals surface area contributed by atoms with Gasteiger partial charge in [-0.3, -0.25) is 0 Å². The highest BCUT2D eigenvalue weighted by molar-refractivity contribution is 5.87. The smallest absolute Gasteiger partial charge is 0.392 e. The first-order valence-electron chi connectivity index (χ1n) is 3.18. The Kier molecular flexibility index (Phi) is 3.79. The normalized spacial score (nSPS) is 12.9. The quantitative estimate of drug-likeness (QED) is 0.482. The molecule has 0 amide bonds. The number of hydrogen-bond donors (Lipinski definition) is 0. The van der Waals surface area contributed by atoms with Gasteiger partial charge in [0.25, 0.3) is 0 Å². The number of halogens is 3. The predicted molar refractivity (Wildman–Crippen MR) is 36.4 cm³/mol. The highest BCUT2D eigenvalue weighted by atomic mass is 19.4. The molecule has 0 fully saturated rings. The third kappa shape index (κ3) is 4.76. The first-order valence-corrected chi connectivity index (χ1v) is 3.18. The Bertz CT molecular complexity index is 193. The molecule has 0 rings (SSSR count). The highest BCUT2D eigenvalue weighted by Gasteiger charge is 2.25. The van der Waals surface area contributed by atoms with Gasteiger partial charge in [0.1, 0.15) is 0 Å². The summed E-state index contributed by atoms with van der Waals surface area (Å²) < 4.78 is 39.0. The molecule has 0 aliphatic carbocycles. The number of rotatable bonds is 2. The molecule has 0 aromatic rings. The number of hydrogen-bond acceptors (Lipinski definition) is 2. The average molecular weight is 182 g/mol. The maximum Gasteiger partial charge on any atom is 0.392 e. The summed E-state index contributed by atoms with van der Waals surface area (Å²) in [5, 5.41) is 0. The van der Waals surface area contributed by atoms with Crippen molar-refractivity contribution in [2.24, 2.45) is 0 Å². The molecule has 12 heavy (non-hydrogen) atoms. The Balaban J connectivity index is 4.10. The van der Waals surface area contributed by atoms with E-state index < -0.39 is 18.6 Å². The molecule has 0 heterocycles. The number of carbonyl (C=O) groups excluding carboxylic acids is 1. The van der Waals surface area contributed by atoms with Crippen molar-refractivity contribution in [3.63, 3.8) is 0 Å². The van der Waals surface area contributed by atoms with E-state index in [1.165, 1.54) is 6.92 Å². The first kappa shape index (κ1) is 11.0. The Hall–Kier alpha value is -1.00. The van der Waals surface area contributed by atoms with Crippen molar-refractivity contribution in [1.29, 1.82) is 0 Å². The topological polar surface area (TPSA) is 26.3 Å². The third-order valence-electron chi connectivity index (χ3n) is 1.15. The summed E-state index contributed by atoms with van der Waals surface area (Å²) in [5.74, 6) is -0.737. The van der Waals surface area contributed by atoms with Crippen molar-refractivity contribution in [3.05, 3.63) is 11.6 Å². The summed E-state index contributed by atoms with van der Waals surface area (Å²) in [7, 11) is 1.12. The molecule has 0 aliphatic rings. The molecule has 0 bridgehead atoms. The second-order valence-corrected chi connectivity index (χ2v) is 2.20. The van der Waals surface area contributed by atoms with E-state index in [-0.39, 0.29) is 5.57 Å². The summed E-state index contributed by atoms with van der Waals surface area (Å²) in [6, 6.07) is 0. The maximum absolute atomic E-state index is 11.6. The molecule has 5 heteroatoms. The van der Waals surface area contributed by atoms with Crippen LogP contribution in [0.2, 0.25) is 0 Å². The van der Waals surface area contributed by atoms with Gasteiger partial charge in [-0.05, 0) is 6.92 Å². The van der Waals surface area contributed by atoms with Gasteiger partial charge in [0.2, 0.25) is 0 Å². The molecule has 0 aromatic heterocycles. The van der Waals surface area contributed by atoms with E-state index >= 15 is 0 Å². The molecule has 0 saturated heterocycles. The molecule has 0 unspecified atom stereocenters. The molecular formula is C7H9F3O2. The lowest BCUT2D eigenvalue weighted by molar-refractivity contribution is -0.136. The van der Waals surface area contributed by atoms with E-state index in [4.69, 9.17) is 0 Å². The molecule has 0 aliphatic heterocycles. The van der Waals surface area contributed by atoms with Crippen LogP contribution in [-0.4, -0.2) is 19.3 Å². The fraction of sp³-hybridized carbons (Fsp3) is 0.571. The average Bonchev–Trinajstić information content (AvgIpc) is 1.97. The van der Waals surface area contributed by atoms with Gasteiger partial charge in [-0.15, -0.1) is 0 Å². The fourth-order valence-electron chi connectivity index (χ4n) is 0.513. The molecule has 0 radical (unpaired) electrons. The van der Waals surface area contributed by atoms with E-state index in [1.807, 2.05) is 0 Å². The zero-order chi connectivity index (χ0) is 9.78. The second kappa shape index (κ2) is 4.13. The van der Waals surface area contributed by atoms with Crippen LogP contribution >= 0.6 is 0 Å². The minimum absolute atomic E-state index is 0.0326. The highest BCUT2D eigenvalue weighted by Crippen LogP contribution is 2.20. The van der Waals surface area contributed by atoms with Crippen LogP contribution in [0.3, 0.4) is 0 Å². The molecular weight excluding hydrogens is 173 g/mol. The molecule has 2 nitrogen and oxygen atoms in total. The molecule has 0 N–H and O–H groups in total. The largest absolute Gasteiger partial charge is 0.466 e. The van der Waals surface area contributed by atoms with E-state index in [1.54, 1.807) is 0 Å². The zero-order valence-corrected chi connectivity index (χ0v) is 6.73. The molecule has 0 spiro atoms. The van der Waals surface area contributed by atoms with Crippen LogP contribution in [0, 0.1) is 0 Å². The van der Waals surface area contributed by atoms with Crippen molar-refractivity contribution in [1.82, 2.24) is 0 Å². The van der Waals surface area contributed by atoms with Gasteiger partial charge in [-0.2, -0.15) is 13.2 Å². The summed E-state index contributed by atoms with van der Waals surface area (Å²) >= 11 is 0. The lowest BCUT2D eigenvalue weighted by Gasteiger charge is -2.02. The van der Waals surface area contributed by atoms with Gasteiger partial charge in [-0.1, -0.05) is 6.08 Å². The Morgan fingerprint density at radius 3 is 2.33 bits per heavy atom. The summed E-state index contributed by atoms with van der Waals surface area (Å²) in [4.78, 5) is 10.6. The molecule has 0 aromatic carbocycles. The van der Waals surface area contributed by atoms with Crippen LogP contribution in [0.25, 0.3) is 0 Å². The fourth-order valence-corrected chi connectivity index (χ4v) is 0.513. The summed E-state index contributed by atoms with van der Waals surface area (Å²) in [5.41, 5.74) is -0.0326. The van der Waals surface area contributed by atoms with Gasteiger partial charge in [0.15, 0.2) is 0 Å². The van der Waals surface area contributed by atoms with Gasteiger partial charge in [0.05, 0.1) is 13.5 Å². The van der Waals surface area contributed by atoms with Crippen molar-refractivity contribution in [3.8, 4) is 0 Å². The van der Waals surface area contributed by atoms with E-state index in [0.29, 0.717) is 0 Å². The van der Waals surface area contributed by atoms with Crippen LogP contribution in [0.5, 0.6) is 0 Å².